The molecule has 5 nitrogen and oxygen atoms in total. The predicted molar refractivity (Wildman–Crippen MR) is 97.6 cm³/mol. The predicted octanol–water partition coefficient (Wildman–Crippen LogP) is 4.20. The highest BCUT2D eigenvalue weighted by molar-refractivity contribution is 8.03. The van der Waals surface area contributed by atoms with E-state index < -0.39 is 11.6 Å². The van der Waals surface area contributed by atoms with Gasteiger partial charge >= 0.3 is 0 Å². The summed E-state index contributed by atoms with van der Waals surface area (Å²) in [5.74, 6) is -0.0490. The summed E-state index contributed by atoms with van der Waals surface area (Å²) in [4.78, 5) is 18.4. The van der Waals surface area contributed by atoms with Gasteiger partial charge in [-0.1, -0.05) is 17.3 Å². The molecule has 1 amide bonds. The first kappa shape index (κ1) is 17.4. The lowest BCUT2D eigenvalue weighted by Crippen LogP contribution is -2.26. The van der Waals surface area contributed by atoms with E-state index in [1.54, 1.807) is 29.2 Å². The van der Waals surface area contributed by atoms with Crippen LogP contribution in [0, 0.1) is 11.6 Å². The number of carbonyl (C=O) groups excluding carboxylic acids is 1. The Kier molecular flexibility index (Phi) is 4.72. The van der Waals surface area contributed by atoms with Gasteiger partial charge in [-0.25, -0.2) is 8.78 Å². The zero-order chi connectivity index (χ0) is 18.8. The molecule has 1 saturated heterocycles. The Morgan fingerprint density at radius 2 is 1.93 bits per heavy atom. The number of aromatic nitrogens is 2. The van der Waals surface area contributed by atoms with E-state index in [0.29, 0.717) is 22.9 Å². The molecule has 4 rings (SSSR count). The lowest BCUT2D eigenvalue weighted by atomic mass is 10.2. The molecule has 1 aliphatic rings. The van der Waals surface area contributed by atoms with Crippen molar-refractivity contribution < 1.29 is 18.1 Å². The first-order valence-electron chi connectivity index (χ1n) is 8.12. The number of nitrogens with zero attached hydrogens (tertiary/aromatic N) is 3. The summed E-state index contributed by atoms with van der Waals surface area (Å²) in [5, 5.41) is 4.45. The van der Waals surface area contributed by atoms with Crippen molar-refractivity contribution in [3.8, 4) is 11.4 Å². The second-order valence-corrected chi connectivity index (χ2v) is 6.85. The van der Waals surface area contributed by atoms with E-state index in [1.165, 1.54) is 42.1 Å². The minimum Gasteiger partial charge on any atom is -0.334 e. The molecule has 0 bridgehead atoms. The van der Waals surface area contributed by atoms with E-state index >= 15 is 0 Å². The van der Waals surface area contributed by atoms with Crippen molar-refractivity contribution in [2.75, 3.05) is 12.3 Å². The smallest absolute Gasteiger partial charge is 0.258 e. The molecule has 0 saturated carbocycles. The lowest BCUT2D eigenvalue weighted by Gasteiger charge is -2.16. The van der Waals surface area contributed by atoms with Crippen LogP contribution in [-0.4, -0.2) is 33.2 Å². The van der Waals surface area contributed by atoms with Crippen LogP contribution in [0.15, 0.2) is 58.1 Å². The Hall–Kier alpha value is -3.00. The van der Waals surface area contributed by atoms with Crippen LogP contribution >= 0.6 is 11.8 Å². The zero-order valence-electron chi connectivity index (χ0n) is 13.9. The molecule has 27 heavy (non-hydrogen) atoms. The number of hydrogen-bond acceptors (Lipinski definition) is 5. The zero-order valence-corrected chi connectivity index (χ0v) is 14.7. The fourth-order valence-electron chi connectivity index (χ4n) is 2.65. The molecular formula is C19H13F2N3O2S. The third-order valence-corrected chi connectivity index (χ3v) is 4.99. The average molecular weight is 385 g/mol. The maximum Gasteiger partial charge on any atom is 0.258 e. The average Bonchev–Trinajstić information content (AvgIpc) is 3.32. The number of thioether (sulfide) groups is 1. The molecule has 0 unspecified atom stereocenters. The molecule has 1 aromatic heterocycles. The largest absolute Gasteiger partial charge is 0.334 e. The van der Waals surface area contributed by atoms with E-state index in [0.717, 1.165) is 0 Å². The van der Waals surface area contributed by atoms with Crippen LogP contribution in [0.5, 0.6) is 0 Å². The number of carbonyl (C=O) groups is 1. The maximum absolute atomic E-state index is 13.9. The molecule has 0 atom stereocenters. The molecule has 3 aromatic rings. The summed E-state index contributed by atoms with van der Waals surface area (Å²) in [7, 11) is 0. The second kappa shape index (κ2) is 7.32. The highest BCUT2D eigenvalue weighted by atomic mass is 32.2. The number of halogens is 2. The Morgan fingerprint density at radius 1 is 1.15 bits per heavy atom. The third kappa shape index (κ3) is 3.61. The third-order valence-electron chi connectivity index (χ3n) is 3.97. The molecule has 0 N–H and O–H groups in total. The monoisotopic (exact) mass is 385 g/mol. The van der Waals surface area contributed by atoms with Gasteiger partial charge in [0, 0.05) is 23.9 Å². The van der Waals surface area contributed by atoms with Crippen LogP contribution in [0.1, 0.15) is 16.2 Å². The van der Waals surface area contributed by atoms with E-state index in [9.17, 15) is 13.6 Å². The first-order valence-corrected chi connectivity index (χ1v) is 9.11. The molecule has 2 heterocycles. The molecule has 136 valence electrons. The van der Waals surface area contributed by atoms with Crippen LogP contribution in [-0.2, 0) is 0 Å². The fraction of sp³-hybridized carbons (Fsp3) is 0.105. The molecule has 2 aromatic carbocycles. The quantitative estimate of drug-likeness (QED) is 0.676. The van der Waals surface area contributed by atoms with Crippen molar-refractivity contribution in [2.24, 2.45) is 0 Å². The Labute approximate surface area is 157 Å². The number of amides is 1. The van der Waals surface area contributed by atoms with Gasteiger partial charge in [0.15, 0.2) is 0 Å². The Morgan fingerprint density at radius 3 is 2.70 bits per heavy atom. The molecule has 0 aliphatic carbocycles. The highest BCUT2D eigenvalue weighted by Crippen LogP contribution is 2.31. The summed E-state index contributed by atoms with van der Waals surface area (Å²) in [6, 6.07) is 11.5. The van der Waals surface area contributed by atoms with Crippen molar-refractivity contribution in [1.29, 1.82) is 0 Å². The van der Waals surface area contributed by atoms with Crippen molar-refractivity contribution in [2.45, 2.75) is 0 Å². The molecule has 1 aliphatic heterocycles. The van der Waals surface area contributed by atoms with E-state index in [4.69, 9.17) is 4.52 Å². The van der Waals surface area contributed by atoms with Crippen molar-refractivity contribution in [3.63, 3.8) is 0 Å². The van der Waals surface area contributed by atoms with Crippen LogP contribution in [0.3, 0.4) is 0 Å². The summed E-state index contributed by atoms with van der Waals surface area (Å²) in [6.07, 6.45) is 1.59. The van der Waals surface area contributed by atoms with E-state index in [2.05, 4.69) is 10.1 Å². The van der Waals surface area contributed by atoms with Crippen LogP contribution < -0.4 is 0 Å². The summed E-state index contributed by atoms with van der Waals surface area (Å²) < 4.78 is 32.1. The van der Waals surface area contributed by atoms with Crippen molar-refractivity contribution in [3.05, 3.63) is 76.6 Å². The van der Waals surface area contributed by atoms with Gasteiger partial charge < -0.3 is 9.42 Å². The van der Waals surface area contributed by atoms with Crippen LogP contribution in [0.2, 0.25) is 0 Å². The Bertz CT molecular complexity index is 1020. The molecular weight excluding hydrogens is 372 g/mol. The van der Waals surface area contributed by atoms with Gasteiger partial charge in [0.05, 0.1) is 10.6 Å². The summed E-state index contributed by atoms with van der Waals surface area (Å²) >= 11 is 1.47. The van der Waals surface area contributed by atoms with Crippen molar-refractivity contribution in [1.82, 2.24) is 15.0 Å². The normalized spacial score (nSPS) is 15.5. The van der Waals surface area contributed by atoms with Crippen LogP contribution in [0.25, 0.3) is 17.5 Å². The highest BCUT2D eigenvalue weighted by Gasteiger charge is 2.26. The van der Waals surface area contributed by atoms with Gasteiger partial charge in [-0.05, 0) is 36.4 Å². The lowest BCUT2D eigenvalue weighted by molar-refractivity contribution is 0.0831. The second-order valence-electron chi connectivity index (χ2n) is 5.73. The van der Waals surface area contributed by atoms with Gasteiger partial charge in [-0.15, -0.1) is 11.8 Å². The Balaban J connectivity index is 1.59. The van der Waals surface area contributed by atoms with Gasteiger partial charge in [0.2, 0.25) is 5.82 Å². The summed E-state index contributed by atoms with van der Waals surface area (Å²) in [6.45, 7) is 0.515. The molecule has 0 spiro atoms. The SMILES string of the molecule is O=C(c1ccc(F)cc1)N1CCS/C1=C/c1nc(-c2ccccc2F)no1. The maximum atomic E-state index is 13.9. The molecule has 8 heteroatoms. The minimum atomic E-state index is -0.444. The van der Waals surface area contributed by atoms with Gasteiger partial charge in [-0.3, -0.25) is 4.79 Å². The van der Waals surface area contributed by atoms with E-state index in [1.807, 2.05) is 0 Å². The van der Waals surface area contributed by atoms with Gasteiger partial charge in [-0.2, -0.15) is 4.98 Å². The van der Waals surface area contributed by atoms with Crippen molar-refractivity contribution >= 4 is 23.7 Å². The van der Waals surface area contributed by atoms with Gasteiger partial charge in [0.1, 0.15) is 11.6 Å². The topological polar surface area (TPSA) is 59.2 Å². The van der Waals surface area contributed by atoms with Gasteiger partial charge in [0.25, 0.3) is 11.8 Å². The minimum absolute atomic E-state index is 0.138. The number of hydrogen-bond donors (Lipinski definition) is 0. The first-order chi connectivity index (χ1) is 13.1. The summed E-state index contributed by atoms with van der Waals surface area (Å²) in [5.41, 5.74) is 0.631. The van der Waals surface area contributed by atoms with E-state index in [-0.39, 0.29) is 23.2 Å². The number of rotatable bonds is 3. The fourth-order valence-corrected chi connectivity index (χ4v) is 3.65. The standard InChI is InChI=1S/C19H13F2N3O2S/c20-13-7-5-12(6-8-13)19(25)24-9-10-27-17(24)11-16-22-18(23-26-16)14-3-1-2-4-15(14)21/h1-8,11H,9-10H2/b17-11+. The molecule has 0 radical (unpaired) electrons. The van der Waals surface area contributed by atoms with Crippen LogP contribution in [0.4, 0.5) is 8.78 Å². The number of benzene rings is 2. The molecule has 1 fully saturated rings.